The number of rotatable bonds is 0. The fraction of sp³-hybridized carbons (Fsp3) is 0.625. The van der Waals surface area contributed by atoms with Crippen LogP contribution in [-0.4, -0.2) is 5.11 Å². The number of fused-ring (bicyclic) bond motifs is 3. The van der Waals surface area contributed by atoms with Crippen LogP contribution in [0, 0.1) is 11.8 Å². The summed E-state index contributed by atoms with van der Waals surface area (Å²) in [6.07, 6.45) is 6.52. The second kappa shape index (κ2) is 3.76. The van der Waals surface area contributed by atoms with Gasteiger partial charge in [-0.3, -0.25) is 0 Å². The molecule has 3 rings (SSSR count). The zero-order valence-electron chi connectivity index (χ0n) is 10.9. The van der Waals surface area contributed by atoms with Gasteiger partial charge in [0.1, 0.15) is 5.75 Å². The molecule has 17 heavy (non-hydrogen) atoms. The summed E-state index contributed by atoms with van der Waals surface area (Å²) in [5.41, 5.74) is 3.26. The van der Waals surface area contributed by atoms with E-state index in [0.29, 0.717) is 11.2 Å². The lowest BCUT2D eigenvalue weighted by molar-refractivity contribution is 0.117. The maximum atomic E-state index is 9.62. The summed E-state index contributed by atoms with van der Waals surface area (Å²) in [4.78, 5) is 0. The average Bonchev–Trinajstić information content (AvgIpc) is 2.28. The Morgan fingerprint density at radius 3 is 2.94 bits per heavy atom. The van der Waals surface area contributed by atoms with E-state index >= 15 is 0 Å². The van der Waals surface area contributed by atoms with Crippen LogP contribution in [0.5, 0.6) is 5.75 Å². The van der Waals surface area contributed by atoms with Crippen LogP contribution in [0.3, 0.4) is 0 Å². The lowest BCUT2D eigenvalue weighted by Gasteiger charge is -2.49. The molecular weight excluding hydrogens is 208 g/mol. The monoisotopic (exact) mass is 230 g/mol. The van der Waals surface area contributed by atoms with Crippen LogP contribution in [0.15, 0.2) is 18.2 Å². The number of phenols is 1. The Hall–Kier alpha value is -0.980. The summed E-state index contributed by atoms with van der Waals surface area (Å²) in [5, 5.41) is 9.62. The molecule has 1 heteroatoms. The highest BCUT2D eigenvalue weighted by molar-refractivity contribution is 5.42. The van der Waals surface area contributed by atoms with Gasteiger partial charge in [-0.15, -0.1) is 0 Å². The quantitative estimate of drug-likeness (QED) is 0.713. The van der Waals surface area contributed by atoms with Crippen molar-refractivity contribution in [3.63, 3.8) is 0 Å². The molecule has 0 bridgehead atoms. The Morgan fingerprint density at radius 1 is 1.29 bits per heavy atom. The summed E-state index contributed by atoms with van der Waals surface area (Å²) < 4.78 is 0. The average molecular weight is 230 g/mol. The van der Waals surface area contributed by atoms with E-state index in [1.165, 1.54) is 36.8 Å². The normalized spacial score (nSPS) is 36.1. The summed E-state index contributed by atoms with van der Waals surface area (Å²) >= 11 is 0. The number of aryl methyl sites for hydroxylation is 1. The Kier molecular flexibility index (Phi) is 2.46. The predicted molar refractivity (Wildman–Crippen MR) is 70.3 cm³/mol. The minimum atomic E-state index is 0.360. The van der Waals surface area contributed by atoms with E-state index < -0.39 is 0 Å². The van der Waals surface area contributed by atoms with Gasteiger partial charge in [0.05, 0.1) is 0 Å². The summed E-state index contributed by atoms with van der Waals surface area (Å²) in [5.74, 6) is 2.12. The van der Waals surface area contributed by atoms with Crippen molar-refractivity contribution in [3.8, 4) is 5.75 Å². The van der Waals surface area contributed by atoms with Crippen LogP contribution in [-0.2, 0) is 11.8 Å². The van der Waals surface area contributed by atoms with Crippen LogP contribution in [0.25, 0.3) is 0 Å². The molecule has 1 N–H and O–H groups in total. The number of benzene rings is 1. The third kappa shape index (κ3) is 1.59. The second-order valence-electron chi connectivity index (χ2n) is 6.27. The Morgan fingerprint density at radius 2 is 2.12 bits per heavy atom. The van der Waals surface area contributed by atoms with Gasteiger partial charge >= 0.3 is 0 Å². The molecule has 1 unspecified atom stereocenters. The Bertz CT molecular complexity index is 437. The zero-order chi connectivity index (χ0) is 12.0. The molecular formula is C16H22O. The summed E-state index contributed by atoms with van der Waals surface area (Å²) in [7, 11) is 0. The van der Waals surface area contributed by atoms with Crippen LogP contribution in [0.1, 0.15) is 50.7 Å². The van der Waals surface area contributed by atoms with Gasteiger partial charge in [-0.2, -0.15) is 0 Å². The molecule has 1 aromatic carbocycles. The number of phenolic OH excluding ortho intramolecular Hbond substituents is 1. The first-order valence-corrected chi connectivity index (χ1v) is 6.93. The molecule has 2 aliphatic rings. The molecule has 0 heterocycles. The van der Waals surface area contributed by atoms with E-state index in [2.05, 4.69) is 19.9 Å². The van der Waals surface area contributed by atoms with Crippen LogP contribution in [0.2, 0.25) is 0 Å². The van der Waals surface area contributed by atoms with Gasteiger partial charge in [0, 0.05) is 0 Å². The van der Waals surface area contributed by atoms with E-state index in [9.17, 15) is 5.11 Å². The first-order chi connectivity index (χ1) is 8.11. The van der Waals surface area contributed by atoms with Crippen molar-refractivity contribution in [1.29, 1.82) is 0 Å². The summed E-state index contributed by atoms with van der Waals surface area (Å²) in [6.45, 7) is 4.87. The topological polar surface area (TPSA) is 20.2 Å². The molecule has 0 aromatic heterocycles. The fourth-order valence-corrected chi connectivity index (χ4v) is 4.40. The number of hydrogen-bond acceptors (Lipinski definition) is 1. The van der Waals surface area contributed by atoms with Crippen molar-refractivity contribution >= 4 is 0 Å². The van der Waals surface area contributed by atoms with Crippen molar-refractivity contribution < 1.29 is 5.11 Å². The predicted octanol–water partition coefficient (Wildman–Crippen LogP) is 4.03. The molecule has 0 spiro atoms. The van der Waals surface area contributed by atoms with E-state index in [-0.39, 0.29) is 0 Å². The van der Waals surface area contributed by atoms with E-state index in [4.69, 9.17) is 0 Å². The molecule has 0 radical (unpaired) electrons. The van der Waals surface area contributed by atoms with Crippen molar-refractivity contribution in [2.45, 2.75) is 51.4 Å². The summed E-state index contributed by atoms with van der Waals surface area (Å²) in [6, 6.07) is 6.02. The van der Waals surface area contributed by atoms with Crippen molar-refractivity contribution in [1.82, 2.24) is 0 Å². The number of hydrogen-bond donors (Lipinski definition) is 1. The largest absolute Gasteiger partial charge is 0.508 e. The second-order valence-corrected chi connectivity index (χ2v) is 6.27. The molecule has 92 valence electrons. The Labute approximate surface area is 104 Å². The van der Waals surface area contributed by atoms with Gasteiger partial charge in [0.25, 0.3) is 0 Å². The zero-order valence-corrected chi connectivity index (χ0v) is 10.9. The van der Waals surface area contributed by atoms with Crippen molar-refractivity contribution in [3.05, 3.63) is 29.3 Å². The highest BCUT2D eigenvalue weighted by Crippen LogP contribution is 2.52. The fourth-order valence-electron chi connectivity index (χ4n) is 4.40. The molecule has 0 aliphatic heterocycles. The van der Waals surface area contributed by atoms with Gasteiger partial charge in [0.15, 0.2) is 0 Å². The SMILES string of the molecule is CC1CCC[C@]2(C)c3ccc(O)cc3CC[C@@H]12. The standard InChI is InChI=1S/C16H22O/c1-11-4-3-9-16(2)14(11)7-5-12-10-13(17)6-8-15(12)16/h6,8,10-11,14,17H,3-5,7,9H2,1-2H3/t11?,14-,16-/m0/s1. The van der Waals surface area contributed by atoms with E-state index in [0.717, 1.165) is 18.3 Å². The lowest BCUT2D eigenvalue weighted by atomic mass is 9.55. The molecule has 0 saturated heterocycles. The minimum absolute atomic E-state index is 0.360. The first kappa shape index (κ1) is 11.1. The molecule has 0 amide bonds. The van der Waals surface area contributed by atoms with Gasteiger partial charge in [-0.05, 0) is 59.8 Å². The lowest BCUT2D eigenvalue weighted by Crippen LogP contribution is -2.43. The third-order valence-corrected chi connectivity index (χ3v) is 5.29. The third-order valence-electron chi connectivity index (χ3n) is 5.29. The van der Waals surface area contributed by atoms with Gasteiger partial charge in [0.2, 0.25) is 0 Å². The van der Waals surface area contributed by atoms with Crippen LogP contribution in [0.4, 0.5) is 0 Å². The smallest absolute Gasteiger partial charge is 0.115 e. The highest BCUT2D eigenvalue weighted by Gasteiger charge is 2.44. The molecule has 1 nitrogen and oxygen atoms in total. The van der Waals surface area contributed by atoms with Crippen LogP contribution < -0.4 is 0 Å². The molecule has 1 saturated carbocycles. The van der Waals surface area contributed by atoms with Crippen molar-refractivity contribution in [2.24, 2.45) is 11.8 Å². The molecule has 1 aromatic rings. The van der Waals surface area contributed by atoms with E-state index in [1.807, 2.05) is 12.1 Å². The number of aromatic hydroxyl groups is 1. The minimum Gasteiger partial charge on any atom is -0.508 e. The maximum Gasteiger partial charge on any atom is 0.115 e. The van der Waals surface area contributed by atoms with Crippen molar-refractivity contribution in [2.75, 3.05) is 0 Å². The van der Waals surface area contributed by atoms with Gasteiger partial charge < -0.3 is 5.11 Å². The Balaban J connectivity index is 2.09. The first-order valence-electron chi connectivity index (χ1n) is 6.93. The van der Waals surface area contributed by atoms with Gasteiger partial charge in [-0.25, -0.2) is 0 Å². The van der Waals surface area contributed by atoms with Gasteiger partial charge in [-0.1, -0.05) is 32.8 Å². The van der Waals surface area contributed by atoms with E-state index in [1.54, 1.807) is 0 Å². The molecule has 1 fully saturated rings. The molecule has 3 atom stereocenters. The molecule has 2 aliphatic carbocycles. The maximum absolute atomic E-state index is 9.62. The van der Waals surface area contributed by atoms with Crippen LogP contribution >= 0.6 is 0 Å². The highest BCUT2D eigenvalue weighted by atomic mass is 16.3.